The Morgan fingerprint density at radius 1 is 0.250 bits per heavy atom. The maximum atomic E-state index is 9.70. The zero-order valence-electron chi connectivity index (χ0n) is 24.3. The van der Waals surface area contributed by atoms with E-state index < -0.39 is 5.41 Å². The molecule has 2 heteroatoms. The van der Waals surface area contributed by atoms with Gasteiger partial charge in [-0.1, -0.05) is 186 Å². The lowest BCUT2D eigenvalue weighted by molar-refractivity contribution is 0.390. The molecule has 0 saturated heterocycles. The van der Waals surface area contributed by atoms with Crippen molar-refractivity contribution < 1.29 is 0 Å². The van der Waals surface area contributed by atoms with Gasteiger partial charge in [-0.2, -0.15) is 10.5 Å². The van der Waals surface area contributed by atoms with Gasteiger partial charge in [0.25, 0.3) is 0 Å². The van der Waals surface area contributed by atoms with Gasteiger partial charge >= 0.3 is 0 Å². The number of rotatable bonds is 0. The third kappa shape index (κ3) is 20.1. The van der Waals surface area contributed by atoms with Gasteiger partial charge < -0.3 is 0 Å². The molecule has 0 radical (unpaired) electrons. The second kappa shape index (κ2) is 25.6. The summed E-state index contributed by atoms with van der Waals surface area (Å²) in [6, 6.07) is 4.79. The van der Waals surface area contributed by atoms with Crippen LogP contribution in [0.15, 0.2) is 0 Å². The summed E-state index contributed by atoms with van der Waals surface area (Å²) in [4.78, 5) is 0. The molecule has 0 aromatic heterocycles. The minimum absolute atomic E-state index is 0.724. The highest BCUT2D eigenvalue weighted by atomic mass is 14.4. The van der Waals surface area contributed by atoms with E-state index in [1.54, 1.807) is 0 Å². The molecule has 0 bridgehead atoms. The van der Waals surface area contributed by atoms with E-state index in [4.69, 9.17) is 0 Å². The molecule has 0 atom stereocenters. The largest absolute Gasteiger partial charge is 0.197 e. The fourth-order valence-corrected chi connectivity index (χ4v) is 6.00. The number of hydrogen-bond donors (Lipinski definition) is 0. The summed E-state index contributed by atoms with van der Waals surface area (Å²) in [6.07, 6.45) is 41.3. The SMILES string of the molecule is N#CC1(C#N)CCCCCCCCCCCCCCCCCCCCCCCCCCCCCCC1. The maximum Gasteiger partial charge on any atom is 0.143 e. The predicted octanol–water partition coefficient (Wildman–Crippen LogP) is 12.1. The van der Waals surface area contributed by atoms with Gasteiger partial charge in [0.05, 0.1) is 12.1 Å². The first-order valence-corrected chi connectivity index (χ1v) is 16.7. The third-order valence-electron chi connectivity index (χ3n) is 8.64. The third-order valence-corrected chi connectivity index (χ3v) is 8.64. The zero-order valence-corrected chi connectivity index (χ0v) is 24.3. The first-order valence-electron chi connectivity index (χ1n) is 16.7. The summed E-state index contributed by atoms with van der Waals surface area (Å²) in [6.45, 7) is 0. The van der Waals surface area contributed by atoms with Crippen LogP contribution in [0.2, 0.25) is 0 Å². The van der Waals surface area contributed by atoms with Crippen LogP contribution in [-0.4, -0.2) is 0 Å². The Bertz CT molecular complexity index is 492. The van der Waals surface area contributed by atoms with Gasteiger partial charge in [0.2, 0.25) is 0 Å². The minimum Gasteiger partial charge on any atom is -0.197 e. The summed E-state index contributed by atoms with van der Waals surface area (Å²) >= 11 is 0. The monoisotopic (exact) mass is 498 g/mol. The molecule has 1 aliphatic carbocycles. The molecule has 0 amide bonds. The second-order valence-corrected chi connectivity index (χ2v) is 12.1. The fraction of sp³-hybridized carbons (Fsp3) is 0.941. The van der Waals surface area contributed by atoms with Crippen LogP contribution in [0.4, 0.5) is 0 Å². The second-order valence-electron chi connectivity index (χ2n) is 12.1. The molecule has 36 heavy (non-hydrogen) atoms. The summed E-state index contributed by atoms with van der Waals surface area (Å²) < 4.78 is 0. The molecule has 1 aliphatic rings. The Labute approximate surface area is 227 Å². The molecule has 0 unspecified atom stereocenters. The maximum absolute atomic E-state index is 9.70. The van der Waals surface area contributed by atoms with Crippen LogP contribution in [0, 0.1) is 28.1 Å². The van der Waals surface area contributed by atoms with Crippen molar-refractivity contribution in [2.24, 2.45) is 5.41 Å². The van der Waals surface area contributed by atoms with Crippen molar-refractivity contribution >= 4 is 0 Å². The summed E-state index contributed by atoms with van der Waals surface area (Å²) in [5.74, 6) is 0. The van der Waals surface area contributed by atoms with E-state index in [0.29, 0.717) is 0 Å². The molecule has 1 rings (SSSR count). The smallest absolute Gasteiger partial charge is 0.143 e. The molecule has 0 N–H and O–H groups in total. The Morgan fingerprint density at radius 3 is 0.528 bits per heavy atom. The molecular weight excluding hydrogens is 436 g/mol. The van der Waals surface area contributed by atoms with Gasteiger partial charge in [-0.25, -0.2) is 0 Å². The highest BCUT2D eigenvalue weighted by Gasteiger charge is 2.28. The van der Waals surface area contributed by atoms with Crippen LogP contribution in [0.3, 0.4) is 0 Å². The van der Waals surface area contributed by atoms with Gasteiger partial charge in [0, 0.05) is 0 Å². The molecule has 0 aromatic rings. The molecule has 2 nitrogen and oxygen atoms in total. The molecule has 0 aliphatic heterocycles. The van der Waals surface area contributed by atoms with E-state index in [1.807, 2.05) is 0 Å². The molecular formula is C34H62N2. The van der Waals surface area contributed by atoms with Crippen molar-refractivity contribution in [1.29, 1.82) is 10.5 Å². The normalized spacial score (nSPS) is 23.6. The number of nitrogens with zero attached hydrogens (tertiary/aromatic N) is 2. The molecule has 1 saturated carbocycles. The zero-order chi connectivity index (χ0) is 25.8. The highest BCUT2D eigenvalue weighted by Crippen LogP contribution is 2.31. The van der Waals surface area contributed by atoms with Gasteiger partial charge in [0.1, 0.15) is 5.41 Å². The van der Waals surface area contributed by atoms with Gasteiger partial charge in [-0.3, -0.25) is 0 Å². The van der Waals surface area contributed by atoms with Crippen LogP contribution in [0.1, 0.15) is 199 Å². The Balaban J connectivity index is 2.23. The van der Waals surface area contributed by atoms with E-state index in [0.717, 1.165) is 25.7 Å². The van der Waals surface area contributed by atoms with Gasteiger partial charge in [-0.15, -0.1) is 0 Å². The number of hydrogen-bond acceptors (Lipinski definition) is 2. The van der Waals surface area contributed by atoms with Crippen LogP contribution in [-0.2, 0) is 0 Å². The Kier molecular flexibility index (Phi) is 23.5. The van der Waals surface area contributed by atoms with Crippen LogP contribution < -0.4 is 0 Å². The van der Waals surface area contributed by atoms with Crippen LogP contribution >= 0.6 is 0 Å². The lowest BCUT2D eigenvalue weighted by Gasteiger charge is -2.18. The molecule has 208 valence electrons. The Hall–Kier alpha value is -1.02. The van der Waals surface area contributed by atoms with Gasteiger partial charge in [0.15, 0.2) is 0 Å². The lowest BCUT2D eigenvalue weighted by atomic mass is 9.80. The summed E-state index contributed by atoms with van der Waals surface area (Å²) in [7, 11) is 0. The summed E-state index contributed by atoms with van der Waals surface area (Å²) in [5, 5.41) is 19.4. The van der Waals surface area contributed by atoms with Crippen molar-refractivity contribution in [2.75, 3.05) is 0 Å². The first-order chi connectivity index (χ1) is 17.8. The average Bonchev–Trinajstić information content (AvgIpc) is 2.90. The van der Waals surface area contributed by atoms with Crippen molar-refractivity contribution in [3.8, 4) is 12.1 Å². The van der Waals surface area contributed by atoms with Crippen molar-refractivity contribution in [1.82, 2.24) is 0 Å². The molecule has 0 heterocycles. The Morgan fingerprint density at radius 2 is 0.389 bits per heavy atom. The van der Waals surface area contributed by atoms with Crippen LogP contribution in [0.25, 0.3) is 0 Å². The van der Waals surface area contributed by atoms with Crippen molar-refractivity contribution in [2.45, 2.75) is 199 Å². The topological polar surface area (TPSA) is 47.6 Å². The fourth-order valence-electron chi connectivity index (χ4n) is 6.00. The van der Waals surface area contributed by atoms with Gasteiger partial charge in [-0.05, 0) is 12.8 Å². The van der Waals surface area contributed by atoms with E-state index in [2.05, 4.69) is 12.1 Å². The van der Waals surface area contributed by atoms with E-state index in [1.165, 1.54) is 173 Å². The van der Waals surface area contributed by atoms with Crippen molar-refractivity contribution in [3.05, 3.63) is 0 Å². The summed E-state index contributed by atoms with van der Waals surface area (Å²) in [5.41, 5.74) is -0.724. The van der Waals surface area contributed by atoms with Crippen LogP contribution in [0.5, 0.6) is 0 Å². The molecule has 0 spiro atoms. The lowest BCUT2D eigenvalue weighted by Crippen LogP contribution is -2.16. The molecule has 1 fully saturated rings. The van der Waals surface area contributed by atoms with E-state index >= 15 is 0 Å². The quantitative estimate of drug-likeness (QED) is 0.333. The van der Waals surface area contributed by atoms with Crippen molar-refractivity contribution in [3.63, 3.8) is 0 Å². The molecule has 0 aromatic carbocycles. The first kappa shape index (κ1) is 33.0. The highest BCUT2D eigenvalue weighted by molar-refractivity contribution is 5.13. The standard InChI is InChI=1S/C34H62N2/c35-32-34(33-36)30-28-26-24-22-20-18-16-14-12-10-8-6-4-2-1-3-5-7-9-11-13-15-17-19-21-23-25-27-29-31-34/h1-31H2. The predicted molar refractivity (Wildman–Crippen MR) is 157 cm³/mol. The number of nitriles is 2. The van der Waals surface area contributed by atoms with E-state index in [-0.39, 0.29) is 0 Å². The minimum atomic E-state index is -0.724. The average molecular weight is 499 g/mol. The van der Waals surface area contributed by atoms with E-state index in [9.17, 15) is 10.5 Å².